The number of benzene rings is 1. The molecule has 0 aliphatic carbocycles. The van der Waals surface area contributed by atoms with Crippen molar-refractivity contribution in [1.29, 1.82) is 0 Å². The van der Waals surface area contributed by atoms with Gasteiger partial charge < -0.3 is 15.4 Å². The number of anilines is 2. The normalized spacial score (nSPS) is 9.61. The molecule has 2 rings (SSSR count). The Morgan fingerprint density at radius 2 is 1.78 bits per heavy atom. The fourth-order valence-electron chi connectivity index (χ4n) is 1.39. The maximum Gasteiger partial charge on any atom is 0.323 e. The second kappa shape index (κ2) is 5.67. The monoisotopic (exact) mass is 243 g/mol. The third-order valence-corrected chi connectivity index (χ3v) is 2.24. The van der Waals surface area contributed by atoms with E-state index in [-0.39, 0.29) is 6.03 Å². The molecule has 1 aromatic carbocycles. The van der Waals surface area contributed by atoms with Gasteiger partial charge in [-0.05, 0) is 18.2 Å². The third kappa shape index (κ3) is 3.21. The highest BCUT2D eigenvalue weighted by molar-refractivity contribution is 5.99. The van der Waals surface area contributed by atoms with E-state index in [1.807, 2.05) is 30.3 Å². The summed E-state index contributed by atoms with van der Waals surface area (Å²) in [5, 5.41) is 5.38. The average Bonchev–Trinajstić information content (AvgIpc) is 2.40. The van der Waals surface area contributed by atoms with E-state index in [2.05, 4.69) is 15.6 Å². The molecule has 0 unspecified atom stereocenters. The highest BCUT2D eigenvalue weighted by Crippen LogP contribution is 2.11. The number of amides is 2. The Morgan fingerprint density at radius 1 is 1.06 bits per heavy atom. The Balaban J connectivity index is 1.94. The van der Waals surface area contributed by atoms with Gasteiger partial charge in [0.25, 0.3) is 0 Å². The fraction of sp³-hybridized carbons (Fsp3) is 0.0769. The molecule has 92 valence electrons. The molecule has 0 aliphatic rings. The van der Waals surface area contributed by atoms with Crippen molar-refractivity contribution in [3.05, 3.63) is 48.7 Å². The number of rotatable bonds is 3. The number of para-hydroxylation sites is 1. The van der Waals surface area contributed by atoms with Crippen LogP contribution in [0.25, 0.3) is 0 Å². The molecule has 0 fully saturated rings. The molecule has 18 heavy (non-hydrogen) atoms. The maximum atomic E-state index is 11.7. The van der Waals surface area contributed by atoms with E-state index in [0.29, 0.717) is 11.6 Å². The first-order valence-electron chi connectivity index (χ1n) is 5.41. The zero-order valence-corrected chi connectivity index (χ0v) is 9.88. The topological polar surface area (TPSA) is 63.2 Å². The Kier molecular flexibility index (Phi) is 3.76. The first-order valence-corrected chi connectivity index (χ1v) is 5.41. The Morgan fingerprint density at radius 3 is 2.39 bits per heavy atom. The molecule has 0 bridgehead atoms. The minimum atomic E-state index is -0.312. The Labute approximate surface area is 105 Å². The predicted octanol–water partition coefficient (Wildman–Crippen LogP) is 2.73. The fourth-order valence-corrected chi connectivity index (χ4v) is 1.39. The summed E-state index contributed by atoms with van der Waals surface area (Å²) < 4.78 is 4.93. The first kappa shape index (κ1) is 11.9. The number of carbonyl (C=O) groups excluding carboxylic acids is 1. The molecule has 0 radical (unpaired) electrons. The number of hydrogen-bond acceptors (Lipinski definition) is 3. The van der Waals surface area contributed by atoms with E-state index in [1.165, 1.54) is 13.3 Å². The number of urea groups is 1. The summed E-state index contributed by atoms with van der Waals surface area (Å²) >= 11 is 0. The van der Waals surface area contributed by atoms with Crippen molar-refractivity contribution < 1.29 is 9.53 Å². The standard InChI is InChI=1S/C13H13N3O2/c1-18-12-8-7-11(9-14-12)16-13(17)15-10-5-3-2-4-6-10/h2-9H,1H3,(H2,15,16,17). The maximum absolute atomic E-state index is 11.7. The van der Waals surface area contributed by atoms with Crippen LogP contribution in [0, 0.1) is 0 Å². The van der Waals surface area contributed by atoms with Crippen molar-refractivity contribution in [2.75, 3.05) is 17.7 Å². The lowest BCUT2D eigenvalue weighted by Crippen LogP contribution is -2.19. The van der Waals surface area contributed by atoms with Crippen LogP contribution >= 0.6 is 0 Å². The van der Waals surface area contributed by atoms with E-state index in [1.54, 1.807) is 12.1 Å². The highest BCUT2D eigenvalue weighted by atomic mass is 16.5. The van der Waals surface area contributed by atoms with Gasteiger partial charge in [0.15, 0.2) is 0 Å². The van der Waals surface area contributed by atoms with Gasteiger partial charge in [0.05, 0.1) is 19.0 Å². The van der Waals surface area contributed by atoms with E-state index >= 15 is 0 Å². The number of nitrogens with one attached hydrogen (secondary N) is 2. The molecule has 2 amide bonds. The lowest BCUT2D eigenvalue weighted by Gasteiger charge is -2.07. The van der Waals surface area contributed by atoms with Crippen LogP contribution in [0.2, 0.25) is 0 Å². The van der Waals surface area contributed by atoms with Crippen LogP contribution in [0.15, 0.2) is 48.7 Å². The number of hydrogen-bond donors (Lipinski definition) is 2. The van der Waals surface area contributed by atoms with Gasteiger partial charge in [-0.1, -0.05) is 18.2 Å². The van der Waals surface area contributed by atoms with E-state index < -0.39 is 0 Å². The first-order chi connectivity index (χ1) is 8.78. The molecule has 5 nitrogen and oxygen atoms in total. The second-order valence-electron chi connectivity index (χ2n) is 3.53. The van der Waals surface area contributed by atoms with Crippen molar-refractivity contribution in [1.82, 2.24) is 4.98 Å². The minimum absolute atomic E-state index is 0.312. The molecule has 1 heterocycles. The molecule has 0 saturated carbocycles. The molecular weight excluding hydrogens is 230 g/mol. The van der Waals surface area contributed by atoms with Gasteiger partial charge in [0, 0.05) is 11.8 Å². The molecule has 0 atom stereocenters. The van der Waals surface area contributed by atoms with Gasteiger partial charge in [0.2, 0.25) is 5.88 Å². The summed E-state index contributed by atoms with van der Waals surface area (Å²) in [6.45, 7) is 0. The van der Waals surface area contributed by atoms with Crippen LogP contribution in [0.3, 0.4) is 0 Å². The summed E-state index contributed by atoms with van der Waals surface area (Å²) in [7, 11) is 1.54. The van der Waals surface area contributed by atoms with E-state index in [9.17, 15) is 4.79 Å². The van der Waals surface area contributed by atoms with E-state index in [0.717, 1.165) is 5.69 Å². The largest absolute Gasteiger partial charge is 0.481 e. The molecule has 5 heteroatoms. The number of pyridine rings is 1. The zero-order valence-electron chi connectivity index (χ0n) is 9.88. The van der Waals surface area contributed by atoms with Crippen LogP contribution in [0.1, 0.15) is 0 Å². The second-order valence-corrected chi connectivity index (χ2v) is 3.53. The Bertz CT molecular complexity index is 512. The summed E-state index contributed by atoms with van der Waals surface area (Å²) in [6.07, 6.45) is 1.53. The number of ether oxygens (including phenoxy) is 1. The smallest absolute Gasteiger partial charge is 0.323 e. The molecule has 0 saturated heterocycles. The summed E-state index contributed by atoms with van der Waals surface area (Å²) in [5.41, 5.74) is 1.33. The van der Waals surface area contributed by atoms with E-state index in [4.69, 9.17) is 4.74 Å². The zero-order chi connectivity index (χ0) is 12.8. The number of carbonyl (C=O) groups is 1. The molecule has 0 aliphatic heterocycles. The van der Waals surface area contributed by atoms with Crippen molar-refractivity contribution in [2.45, 2.75) is 0 Å². The van der Waals surface area contributed by atoms with Gasteiger partial charge in [0.1, 0.15) is 0 Å². The van der Waals surface area contributed by atoms with Gasteiger partial charge >= 0.3 is 6.03 Å². The predicted molar refractivity (Wildman–Crippen MR) is 69.9 cm³/mol. The lowest BCUT2D eigenvalue weighted by molar-refractivity contribution is 0.262. The summed E-state index contributed by atoms with van der Waals surface area (Å²) in [4.78, 5) is 15.6. The van der Waals surface area contributed by atoms with Gasteiger partial charge in [-0.25, -0.2) is 9.78 Å². The molecule has 2 N–H and O–H groups in total. The van der Waals surface area contributed by atoms with Crippen LogP contribution < -0.4 is 15.4 Å². The van der Waals surface area contributed by atoms with Crippen molar-refractivity contribution >= 4 is 17.4 Å². The summed E-state index contributed by atoms with van der Waals surface area (Å²) in [5.74, 6) is 0.504. The SMILES string of the molecule is COc1ccc(NC(=O)Nc2ccccc2)cn1. The third-order valence-electron chi connectivity index (χ3n) is 2.24. The lowest BCUT2D eigenvalue weighted by atomic mass is 10.3. The molecule has 2 aromatic rings. The van der Waals surface area contributed by atoms with Crippen molar-refractivity contribution in [3.63, 3.8) is 0 Å². The number of nitrogens with zero attached hydrogens (tertiary/aromatic N) is 1. The Hall–Kier alpha value is -2.56. The van der Waals surface area contributed by atoms with Gasteiger partial charge in [-0.3, -0.25) is 0 Å². The number of methoxy groups -OCH3 is 1. The highest BCUT2D eigenvalue weighted by Gasteiger charge is 2.02. The van der Waals surface area contributed by atoms with Crippen molar-refractivity contribution in [3.8, 4) is 5.88 Å². The molecular formula is C13H13N3O2. The van der Waals surface area contributed by atoms with Gasteiger partial charge in [-0.2, -0.15) is 0 Å². The van der Waals surface area contributed by atoms with Crippen LogP contribution in [-0.2, 0) is 0 Å². The quantitative estimate of drug-likeness (QED) is 0.871. The van der Waals surface area contributed by atoms with Crippen molar-refractivity contribution in [2.24, 2.45) is 0 Å². The average molecular weight is 243 g/mol. The van der Waals surface area contributed by atoms with Crippen LogP contribution in [-0.4, -0.2) is 18.1 Å². The van der Waals surface area contributed by atoms with Gasteiger partial charge in [-0.15, -0.1) is 0 Å². The molecule has 0 spiro atoms. The van der Waals surface area contributed by atoms with Crippen LogP contribution in [0.5, 0.6) is 5.88 Å². The number of aromatic nitrogens is 1. The summed E-state index contributed by atoms with van der Waals surface area (Å²) in [6, 6.07) is 12.3. The van der Waals surface area contributed by atoms with Crippen LogP contribution in [0.4, 0.5) is 16.2 Å². The minimum Gasteiger partial charge on any atom is -0.481 e. The molecule has 1 aromatic heterocycles.